The number of rotatable bonds is 4. The van der Waals surface area contributed by atoms with Crippen molar-refractivity contribution in [2.45, 2.75) is 50.6 Å². The lowest BCUT2D eigenvalue weighted by molar-refractivity contribution is 0.0938. The Kier molecular flexibility index (Phi) is 5.02. The third kappa shape index (κ3) is 3.84. The van der Waals surface area contributed by atoms with Crippen molar-refractivity contribution < 1.29 is 4.79 Å². The molecule has 2 fully saturated rings. The lowest BCUT2D eigenvalue weighted by Gasteiger charge is -2.28. The first-order chi connectivity index (χ1) is 16.1. The minimum absolute atomic E-state index is 0.0704. The van der Waals surface area contributed by atoms with Gasteiger partial charge in [0.25, 0.3) is 5.91 Å². The average Bonchev–Trinajstić information content (AvgIpc) is 3.56. The van der Waals surface area contributed by atoms with Crippen molar-refractivity contribution in [3.63, 3.8) is 0 Å². The van der Waals surface area contributed by atoms with E-state index >= 15 is 0 Å². The van der Waals surface area contributed by atoms with Crippen LogP contribution in [-0.2, 0) is 0 Å². The van der Waals surface area contributed by atoms with Crippen molar-refractivity contribution in [1.29, 1.82) is 0 Å². The first kappa shape index (κ1) is 20.2. The molecular formula is C25H29N7O. The van der Waals surface area contributed by atoms with Gasteiger partial charge in [-0.2, -0.15) is 5.10 Å². The molecule has 2 atom stereocenters. The van der Waals surface area contributed by atoms with Crippen molar-refractivity contribution in [2.75, 3.05) is 18.0 Å². The summed E-state index contributed by atoms with van der Waals surface area (Å²) in [6.45, 7) is 2.21. The van der Waals surface area contributed by atoms with Gasteiger partial charge in [-0.1, -0.05) is 0 Å². The van der Waals surface area contributed by atoms with Crippen molar-refractivity contribution in [1.82, 2.24) is 25.5 Å². The second-order valence-corrected chi connectivity index (χ2v) is 9.41. The molecular weight excluding hydrogens is 414 g/mol. The van der Waals surface area contributed by atoms with Gasteiger partial charge in [-0.05, 0) is 74.9 Å². The van der Waals surface area contributed by atoms with Gasteiger partial charge in [-0.3, -0.25) is 9.89 Å². The molecule has 1 amide bonds. The van der Waals surface area contributed by atoms with Gasteiger partial charge < -0.3 is 20.9 Å². The van der Waals surface area contributed by atoms with Crippen LogP contribution in [0.3, 0.4) is 0 Å². The molecule has 1 aliphatic carbocycles. The highest BCUT2D eigenvalue weighted by Gasteiger charge is 2.24. The Bertz CT molecular complexity index is 1320. The highest BCUT2D eigenvalue weighted by Crippen LogP contribution is 2.29. The maximum Gasteiger partial charge on any atom is 0.251 e. The van der Waals surface area contributed by atoms with E-state index in [-0.39, 0.29) is 18.0 Å². The number of amides is 1. The van der Waals surface area contributed by atoms with Crippen LogP contribution in [0.25, 0.3) is 33.5 Å². The Morgan fingerprint density at radius 2 is 1.94 bits per heavy atom. The second kappa shape index (κ2) is 8.19. The average molecular weight is 444 g/mol. The molecule has 0 spiro atoms. The molecule has 33 heavy (non-hydrogen) atoms. The summed E-state index contributed by atoms with van der Waals surface area (Å²) in [5.41, 5.74) is 11.3. The molecule has 8 nitrogen and oxygen atoms in total. The molecule has 5 N–H and O–H groups in total. The van der Waals surface area contributed by atoms with Crippen LogP contribution >= 0.6 is 0 Å². The molecule has 2 aromatic carbocycles. The summed E-state index contributed by atoms with van der Waals surface area (Å²) in [5.74, 6) is 0.630. The molecule has 6 rings (SSSR count). The van der Waals surface area contributed by atoms with Crippen molar-refractivity contribution in [3.05, 3.63) is 42.0 Å². The number of hydrogen-bond donors (Lipinski definition) is 4. The number of H-pyrrole nitrogens is 2. The number of carbonyl (C=O) groups excluding carboxylic acids is 1. The number of aromatic amines is 2. The number of hydrogen-bond acceptors (Lipinski definition) is 5. The summed E-state index contributed by atoms with van der Waals surface area (Å²) in [6.07, 6.45) is 6.53. The van der Waals surface area contributed by atoms with E-state index in [1.807, 2.05) is 18.2 Å². The second-order valence-electron chi connectivity index (χ2n) is 9.41. The van der Waals surface area contributed by atoms with Gasteiger partial charge in [0.05, 0.1) is 16.6 Å². The largest absolute Gasteiger partial charge is 0.371 e. The first-order valence-corrected chi connectivity index (χ1v) is 11.9. The van der Waals surface area contributed by atoms with Crippen LogP contribution in [0.1, 0.15) is 48.9 Å². The Morgan fingerprint density at radius 3 is 2.76 bits per heavy atom. The molecule has 4 aromatic rings. The standard InChI is InChI=1S/C25H29N7O/c26-16-5-6-17(13-16)27-25(33)15-4-8-20-19(12-15)23(31-30-20)24-28-21-9-7-18(14-22(21)29-24)32-10-2-1-3-11-32/h4,7-9,12,14,16-17H,1-3,5-6,10-11,13,26H2,(H,27,33)(H,28,29)(H,30,31)/t16-,17-/m0/s1. The predicted molar refractivity (Wildman–Crippen MR) is 130 cm³/mol. The zero-order valence-corrected chi connectivity index (χ0v) is 18.6. The van der Waals surface area contributed by atoms with Crippen LogP contribution in [0, 0.1) is 0 Å². The van der Waals surface area contributed by atoms with Crippen molar-refractivity contribution >= 4 is 33.5 Å². The number of benzene rings is 2. The van der Waals surface area contributed by atoms with Crippen molar-refractivity contribution in [2.24, 2.45) is 5.73 Å². The molecule has 2 aromatic heterocycles. The van der Waals surface area contributed by atoms with E-state index in [0.29, 0.717) is 11.4 Å². The Balaban J connectivity index is 1.30. The Hall–Kier alpha value is -3.39. The number of carbonyl (C=O) groups is 1. The van der Waals surface area contributed by atoms with Gasteiger partial charge >= 0.3 is 0 Å². The smallest absolute Gasteiger partial charge is 0.251 e. The summed E-state index contributed by atoms with van der Waals surface area (Å²) < 4.78 is 0. The molecule has 8 heteroatoms. The SMILES string of the molecule is N[C@H]1CC[C@H](NC(=O)c2ccc3[nH]nc(-c4nc5ccc(N6CCCCC6)cc5[nH]4)c3c2)C1. The third-order valence-corrected chi connectivity index (χ3v) is 7.04. The fraction of sp³-hybridized carbons (Fsp3) is 0.400. The lowest BCUT2D eigenvalue weighted by atomic mass is 10.1. The van der Waals surface area contributed by atoms with Gasteiger partial charge in [-0.25, -0.2) is 4.98 Å². The molecule has 0 unspecified atom stereocenters. The Morgan fingerprint density at radius 1 is 1.06 bits per heavy atom. The fourth-order valence-electron chi connectivity index (χ4n) is 5.21. The maximum atomic E-state index is 12.8. The van der Waals surface area contributed by atoms with E-state index in [2.05, 4.69) is 43.6 Å². The fourth-order valence-corrected chi connectivity index (χ4v) is 5.21. The van der Waals surface area contributed by atoms with Gasteiger partial charge in [-0.15, -0.1) is 0 Å². The molecule has 0 bridgehead atoms. The number of aromatic nitrogens is 4. The number of imidazole rings is 1. The minimum Gasteiger partial charge on any atom is -0.371 e. The summed E-state index contributed by atoms with van der Waals surface area (Å²) in [7, 11) is 0. The van der Waals surface area contributed by atoms with E-state index in [1.54, 1.807) is 0 Å². The number of nitrogens with zero attached hydrogens (tertiary/aromatic N) is 3. The predicted octanol–water partition coefficient (Wildman–Crippen LogP) is 3.71. The molecule has 1 saturated heterocycles. The summed E-state index contributed by atoms with van der Waals surface area (Å²) in [4.78, 5) is 23.5. The lowest BCUT2D eigenvalue weighted by Crippen LogP contribution is -2.34. The number of fused-ring (bicyclic) bond motifs is 2. The van der Waals surface area contributed by atoms with E-state index < -0.39 is 0 Å². The summed E-state index contributed by atoms with van der Waals surface area (Å²) in [5, 5.41) is 11.6. The minimum atomic E-state index is -0.0704. The highest BCUT2D eigenvalue weighted by molar-refractivity contribution is 6.01. The first-order valence-electron chi connectivity index (χ1n) is 11.9. The van der Waals surface area contributed by atoms with Crippen LogP contribution in [0.4, 0.5) is 5.69 Å². The topological polar surface area (TPSA) is 116 Å². The number of nitrogens with two attached hydrogens (primary N) is 1. The number of nitrogens with one attached hydrogen (secondary N) is 3. The molecule has 2 aliphatic rings. The van der Waals surface area contributed by atoms with E-state index in [9.17, 15) is 4.79 Å². The normalized spacial score (nSPS) is 21.2. The molecule has 0 radical (unpaired) electrons. The monoisotopic (exact) mass is 443 g/mol. The van der Waals surface area contributed by atoms with E-state index in [1.165, 1.54) is 24.9 Å². The maximum absolute atomic E-state index is 12.8. The van der Waals surface area contributed by atoms with Gasteiger partial charge in [0.15, 0.2) is 5.82 Å². The zero-order valence-electron chi connectivity index (χ0n) is 18.6. The van der Waals surface area contributed by atoms with E-state index in [4.69, 9.17) is 10.7 Å². The zero-order chi connectivity index (χ0) is 22.4. The van der Waals surface area contributed by atoms with Crippen LogP contribution < -0.4 is 16.0 Å². The number of anilines is 1. The van der Waals surface area contributed by atoms with Crippen LogP contribution in [-0.4, -0.2) is 51.2 Å². The van der Waals surface area contributed by atoms with Crippen LogP contribution in [0.15, 0.2) is 36.4 Å². The van der Waals surface area contributed by atoms with Gasteiger partial charge in [0.2, 0.25) is 0 Å². The van der Waals surface area contributed by atoms with E-state index in [0.717, 1.165) is 60.0 Å². The highest BCUT2D eigenvalue weighted by atomic mass is 16.1. The van der Waals surface area contributed by atoms with Gasteiger partial charge in [0, 0.05) is 41.8 Å². The third-order valence-electron chi connectivity index (χ3n) is 7.04. The molecule has 170 valence electrons. The quantitative estimate of drug-likeness (QED) is 0.384. The Labute approximate surface area is 191 Å². The molecule has 3 heterocycles. The van der Waals surface area contributed by atoms with Gasteiger partial charge in [0.1, 0.15) is 5.69 Å². The van der Waals surface area contributed by atoms with Crippen molar-refractivity contribution in [3.8, 4) is 11.5 Å². The summed E-state index contributed by atoms with van der Waals surface area (Å²) >= 11 is 0. The number of piperidine rings is 1. The molecule has 1 aliphatic heterocycles. The van der Waals surface area contributed by atoms with Crippen LogP contribution in [0.2, 0.25) is 0 Å². The van der Waals surface area contributed by atoms with Crippen LogP contribution in [0.5, 0.6) is 0 Å². The molecule has 1 saturated carbocycles. The summed E-state index contributed by atoms with van der Waals surface area (Å²) in [6, 6.07) is 12.4.